The second-order valence-corrected chi connectivity index (χ2v) is 19.5. The normalized spacial score (nSPS) is 14.5. The van der Waals surface area contributed by atoms with Crippen LogP contribution in [0, 0.1) is 0 Å². The minimum absolute atomic E-state index is 0.0398. The fourth-order valence-corrected chi connectivity index (χ4v) is 8.76. The zero-order valence-corrected chi connectivity index (χ0v) is 45.5. The van der Waals surface area contributed by atoms with Crippen molar-refractivity contribution in [1.29, 1.82) is 0 Å². The zero-order valence-electron chi connectivity index (χ0n) is 43.7. The van der Waals surface area contributed by atoms with Crippen LogP contribution in [0.2, 0.25) is 0 Å². The fraction of sp³-hybridized carbons (Fsp3) is 0.364. The molecule has 0 unspecified atom stereocenters. The van der Waals surface area contributed by atoms with Crippen molar-refractivity contribution in [1.82, 2.24) is 47.1 Å². The fourth-order valence-electron chi connectivity index (χ4n) is 8.35. The Labute approximate surface area is 468 Å². The number of unbranched alkanes of at least 4 members (excludes halogenated alkanes) is 1. The number of para-hydroxylation sites is 1. The summed E-state index contributed by atoms with van der Waals surface area (Å²) < 4.78 is 0. The number of nitrogens with zero attached hydrogens (tertiary/aromatic N) is 1. The lowest BCUT2D eigenvalue weighted by Gasteiger charge is -2.31. The molecule has 1 heterocycles. The molecule has 0 fully saturated rings. The van der Waals surface area contributed by atoms with E-state index in [1.54, 1.807) is 103 Å². The summed E-state index contributed by atoms with van der Waals surface area (Å²) in [6, 6.07) is 22.2. The number of nitrogens with one attached hydrogen (secondary N) is 8. The summed E-state index contributed by atoms with van der Waals surface area (Å²) in [5, 5.41) is 39.4. The topological polar surface area (TPSA) is 349 Å². The molecular formula is C55H69N11O11S2. The highest BCUT2D eigenvalue weighted by molar-refractivity contribution is 7.80. The van der Waals surface area contributed by atoms with Crippen LogP contribution in [0.5, 0.6) is 0 Å². The Hall–Kier alpha value is -7.77. The van der Waals surface area contributed by atoms with Gasteiger partial charge in [0.1, 0.15) is 36.3 Å². The Morgan fingerprint density at radius 2 is 1.05 bits per heavy atom. The first-order valence-corrected chi connectivity index (χ1v) is 26.8. The number of H-pyrrole nitrogens is 1. The van der Waals surface area contributed by atoms with Crippen LogP contribution in [0.3, 0.4) is 0 Å². The largest absolute Gasteiger partial charge is 0.480 e. The Kier molecular flexibility index (Phi) is 24.3. The van der Waals surface area contributed by atoms with Crippen molar-refractivity contribution >= 4 is 89.4 Å². The molecule has 422 valence electrons. The van der Waals surface area contributed by atoms with Gasteiger partial charge in [0, 0.05) is 60.5 Å². The number of benzene rings is 4. The average molecular weight is 1120 g/mol. The average Bonchev–Trinajstić information content (AvgIpc) is 3.90. The Morgan fingerprint density at radius 1 is 0.570 bits per heavy atom. The number of aromatic nitrogens is 1. The number of thiol groups is 2. The molecule has 0 saturated carbocycles. The minimum Gasteiger partial charge on any atom is -0.480 e. The number of hydrogen-bond acceptors (Lipinski definition) is 14. The highest BCUT2D eigenvalue weighted by Gasteiger charge is 2.37. The Morgan fingerprint density at radius 3 is 1.58 bits per heavy atom. The number of amides is 8. The van der Waals surface area contributed by atoms with Gasteiger partial charge in [-0.05, 0) is 67.6 Å². The minimum atomic E-state index is -1.72. The standard InChI is InChI=1S/C55H69N11O11S2/c1-32(67)45(52(73)61-41(26-33-16-6-3-7-17-33)50(71)63-44(31-79)55(76)77)64-48(69)40(24-14-15-25-56)59-51(72)43(28-36-29-58-39-23-13-12-22-37(36)39)60-49(70)42(27-34-18-8-4-9-19-34)62-53(74)46(65-47(68)38(57)30-78)66(2)54(75)35-20-10-5-11-21-35/h3-13,16-23,29,32,38,40-46,58,67,78-79H,14-15,24-28,30-31,56-57H2,1-2H3,(H,59,72)(H,60,70)(H,61,73)(H,62,74)(H,63,71)(H,64,69)(H,65,68)(H,76,77)/t32-,38+,40+,41+,42+,43-,44+,45+,46-/m1/s1. The number of aliphatic carboxylic acids is 1. The van der Waals surface area contributed by atoms with Crippen molar-refractivity contribution in [2.24, 2.45) is 11.5 Å². The van der Waals surface area contributed by atoms with E-state index >= 15 is 0 Å². The van der Waals surface area contributed by atoms with Crippen LogP contribution < -0.4 is 48.7 Å². The molecule has 0 aliphatic rings. The van der Waals surface area contributed by atoms with Crippen molar-refractivity contribution in [2.45, 2.75) is 100 Å². The lowest BCUT2D eigenvalue weighted by molar-refractivity contribution is -0.141. The molecule has 22 nitrogen and oxygen atoms in total. The lowest BCUT2D eigenvalue weighted by Crippen LogP contribution is -2.63. The molecule has 0 bridgehead atoms. The number of carbonyl (C=O) groups excluding carboxylic acids is 8. The van der Waals surface area contributed by atoms with Crippen molar-refractivity contribution in [2.75, 3.05) is 25.1 Å². The van der Waals surface area contributed by atoms with Crippen LogP contribution >= 0.6 is 25.3 Å². The predicted octanol–water partition coefficient (Wildman–Crippen LogP) is 0.100. The maximum atomic E-state index is 14.9. The summed E-state index contributed by atoms with van der Waals surface area (Å²) in [7, 11) is 1.29. The van der Waals surface area contributed by atoms with Gasteiger partial charge in [0.2, 0.25) is 35.4 Å². The molecule has 5 rings (SSSR count). The first kappa shape index (κ1) is 62.1. The van der Waals surface area contributed by atoms with E-state index in [0.29, 0.717) is 34.0 Å². The van der Waals surface area contributed by atoms with Crippen LogP contribution in [-0.4, -0.2) is 153 Å². The number of carboxylic acid groups (broad SMARTS) is 1. The maximum absolute atomic E-state index is 14.9. The summed E-state index contributed by atoms with van der Waals surface area (Å²) in [6.45, 7) is 1.45. The Balaban J connectivity index is 1.46. The number of nitrogens with two attached hydrogens (primary N) is 2. The van der Waals surface area contributed by atoms with Gasteiger partial charge in [-0.25, -0.2) is 4.79 Å². The summed E-state index contributed by atoms with van der Waals surface area (Å²) in [4.78, 5) is 129. The molecule has 0 aliphatic carbocycles. The quantitative estimate of drug-likeness (QED) is 0.0165. The zero-order chi connectivity index (χ0) is 57.6. The number of aliphatic hydroxyl groups excluding tert-OH is 1. The lowest BCUT2D eigenvalue weighted by atomic mass is 10.0. The SMILES string of the molecule is C[C@@H](O)[C@H](NC(=O)[C@H](CCCCN)NC(=O)[C@@H](Cc1c[nH]c2ccccc12)NC(=O)[C@H](Cc1ccccc1)NC(=O)[C@H](NC(=O)[C@@H](N)CS)N(C)C(=O)c1ccccc1)C(=O)N[C@@H](Cc1ccccc1)C(=O)N[C@@H](CS)C(=O)O. The Bertz CT molecular complexity index is 2860. The molecule has 9 atom stereocenters. The van der Waals surface area contributed by atoms with Gasteiger partial charge >= 0.3 is 5.97 Å². The van der Waals surface area contributed by atoms with Crippen LogP contribution in [0.4, 0.5) is 0 Å². The van der Waals surface area contributed by atoms with Gasteiger partial charge in [-0.2, -0.15) is 25.3 Å². The molecule has 1 aromatic heterocycles. The van der Waals surface area contributed by atoms with Gasteiger partial charge in [0.15, 0.2) is 6.17 Å². The van der Waals surface area contributed by atoms with Gasteiger partial charge in [0.25, 0.3) is 11.8 Å². The highest BCUT2D eigenvalue weighted by Crippen LogP contribution is 2.20. The number of likely N-dealkylation sites (N-methyl/N-ethyl adjacent to an activating group) is 1. The molecule has 0 radical (unpaired) electrons. The van der Waals surface area contributed by atoms with Crippen molar-refractivity contribution in [3.05, 3.63) is 144 Å². The van der Waals surface area contributed by atoms with E-state index in [9.17, 15) is 53.4 Å². The molecule has 5 aromatic rings. The molecule has 0 aliphatic heterocycles. The smallest absolute Gasteiger partial charge is 0.327 e. The van der Waals surface area contributed by atoms with E-state index in [4.69, 9.17) is 11.5 Å². The second-order valence-electron chi connectivity index (χ2n) is 18.8. The molecule has 8 amide bonds. The number of hydrogen-bond donors (Lipinski definition) is 14. The van der Waals surface area contributed by atoms with E-state index < -0.39 is 108 Å². The molecule has 14 N–H and O–H groups in total. The van der Waals surface area contributed by atoms with Crippen LogP contribution in [0.25, 0.3) is 10.9 Å². The van der Waals surface area contributed by atoms with E-state index in [-0.39, 0.29) is 55.7 Å². The second kappa shape index (κ2) is 31.0. The van der Waals surface area contributed by atoms with E-state index in [2.05, 4.69) is 67.5 Å². The summed E-state index contributed by atoms with van der Waals surface area (Å²) in [6.07, 6.45) is -1.40. The van der Waals surface area contributed by atoms with E-state index in [0.717, 1.165) is 4.90 Å². The summed E-state index contributed by atoms with van der Waals surface area (Å²) in [5.74, 6) is -8.75. The van der Waals surface area contributed by atoms with Gasteiger partial charge < -0.3 is 68.8 Å². The number of rotatable bonds is 30. The molecule has 0 saturated heterocycles. The maximum Gasteiger partial charge on any atom is 0.327 e. The number of aliphatic hydroxyl groups is 1. The first-order valence-electron chi connectivity index (χ1n) is 25.5. The summed E-state index contributed by atoms with van der Waals surface area (Å²) in [5.41, 5.74) is 14.4. The van der Waals surface area contributed by atoms with Crippen LogP contribution in [-0.2, 0) is 57.6 Å². The molecule has 4 aromatic carbocycles. The van der Waals surface area contributed by atoms with Crippen molar-refractivity contribution < 1.29 is 53.4 Å². The van der Waals surface area contributed by atoms with Gasteiger partial charge in [-0.1, -0.05) is 97.1 Å². The third kappa shape index (κ3) is 18.4. The number of fused-ring (bicyclic) bond motifs is 1. The molecule has 0 spiro atoms. The molecular weight excluding hydrogens is 1050 g/mol. The van der Waals surface area contributed by atoms with Gasteiger partial charge in [0.05, 0.1) is 12.1 Å². The molecule has 24 heteroatoms. The predicted molar refractivity (Wildman–Crippen MR) is 302 cm³/mol. The van der Waals surface area contributed by atoms with Crippen LogP contribution in [0.1, 0.15) is 53.2 Å². The highest BCUT2D eigenvalue weighted by atomic mass is 32.1. The summed E-state index contributed by atoms with van der Waals surface area (Å²) >= 11 is 8.13. The van der Waals surface area contributed by atoms with Crippen molar-refractivity contribution in [3.8, 4) is 0 Å². The third-order valence-corrected chi connectivity index (χ3v) is 13.6. The van der Waals surface area contributed by atoms with Gasteiger partial charge in [-0.15, -0.1) is 0 Å². The van der Waals surface area contributed by atoms with Crippen LogP contribution in [0.15, 0.2) is 121 Å². The monoisotopic (exact) mass is 1120 g/mol. The van der Waals surface area contributed by atoms with E-state index in [1.165, 1.54) is 26.1 Å². The third-order valence-electron chi connectivity index (χ3n) is 12.8. The van der Waals surface area contributed by atoms with Crippen molar-refractivity contribution in [3.63, 3.8) is 0 Å². The number of aromatic amines is 1. The van der Waals surface area contributed by atoms with Gasteiger partial charge in [-0.3, -0.25) is 38.4 Å². The first-order chi connectivity index (χ1) is 37.8. The molecule has 79 heavy (non-hydrogen) atoms. The number of carboxylic acids is 1. The van der Waals surface area contributed by atoms with E-state index in [1.807, 2.05) is 6.07 Å². The number of carbonyl (C=O) groups is 9.